The van der Waals surface area contributed by atoms with Crippen LogP contribution < -0.4 is 0 Å². The van der Waals surface area contributed by atoms with E-state index < -0.39 is 0 Å². The molecule has 0 amide bonds. The van der Waals surface area contributed by atoms with E-state index >= 15 is 0 Å². The van der Waals surface area contributed by atoms with Gasteiger partial charge in [0.15, 0.2) is 0 Å². The Morgan fingerprint density at radius 3 is 1.73 bits per heavy atom. The number of fused-ring (bicyclic) bond motifs is 6. The highest BCUT2D eigenvalue weighted by molar-refractivity contribution is 6.32. The van der Waals surface area contributed by atoms with E-state index in [-0.39, 0.29) is 0 Å². The fourth-order valence-corrected chi connectivity index (χ4v) is 7.89. The molecule has 11 aromatic rings. The Bertz CT molecular complexity index is 2970. The molecule has 0 aliphatic carbocycles. The lowest BCUT2D eigenvalue weighted by atomic mass is 9.98. The second-order valence-electron chi connectivity index (χ2n) is 12.6. The molecule has 4 nitrogen and oxygen atoms in total. The number of furan rings is 1. The van der Waals surface area contributed by atoms with E-state index in [1.807, 2.05) is 12.1 Å². The highest BCUT2D eigenvalue weighted by atomic mass is 16.3. The van der Waals surface area contributed by atoms with Crippen molar-refractivity contribution in [2.75, 3.05) is 0 Å². The molecule has 0 saturated heterocycles. The highest BCUT2D eigenvalue weighted by Gasteiger charge is 2.23. The van der Waals surface area contributed by atoms with Gasteiger partial charge in [0.2, 0.25) is 5.95 Å². The van der Waals surface area contributed by atoms with Gasteiger partial charge in [0.25, 0.3) is 0 Å². The first-order valence-electron chi connectivity index (χ1n) is 16.3. The number of nitrogens with zero attached hydrogens (tertiary/aromatic N) is 3. The lowest BCUT2D eigenvalue weighted by molar-refractivity contribution is 0.669. The molecule has 3 heterocycles. The smallest absolute Gasteiger partial charge is 0.235 e. The van der Waals surface area contributed by atoms with Gasteiger partial charge in [-0.05, 0) is 50.5 Å². The zero-order valence-electron chi connectivity index (χ0n) is 25.7. The van der Waals surface area contributed by atoms with Crippen molar-refractivity contribution in [3.05, 3.63) is 152 Å². The number of aromatic nitrogens is 3. The maximum absolute atomic E-state index is 6.51. The molecule has 0 aliphatic heterocycles. The second kappa shape index (κ2) is 9.50. The minimum absolute atomic E-state index is 0.629. The first-order valence-corrected chi connectivity index (χ1v) is 16.3. The topological polar surface area (TPSA) is 43.9 Å². The van der Waals surface area contributed by atoms with Crippen molar-refractivity contribution >= 4 is 76.1 Å². The molecule has 0 spiro atoms. The molecule has 0 N–H and O–H groups in total. The molecular formula is C44H25N3O. The van der Waals surface area contributed by atoms with Crippen molar-refractivity contribution in [3.8, 4) is 28.5 Å². The van der Waals surface area contributed by atoms with Gasteiger partial charge in [-0.3, -0.25) is 4.57 Å². The minimum atomic E-state index is 0.629. The first-order chi connectivity index (χ1) is 23.8. The van der Waals surface area contributed by atoms with Crippen LogP contribution in [0.1, 0.15) is 0 Å². The van der Waals surface area contributed by atoms with Crippen LogP contribution in [0, 0.1) is 0 Å². The number of benzene rings is 8. The van der Waals surface area contributed by atoms with Crippen molar-refractivity contribution in [2.45, 2.75) is 0 Å². The number of para-hydroxylation sites is 1. The Morgan fingerprint density at radius 2 is 1.00 bits per heavy atom. The summed E-state index contributed by atoms with van der Waals surface area (Å²) in [5.41, 5.74) is 7.76. The monoisotopic (exact) mass is 611 g/mol. The van der Waals surface area contributed by atoms with Crippen LogP contribution in [0.5, 0.6) is 0 Å². The molecule has 0 atom stereocenters. The maximum atomic E-state index is 6.51. The van der Waals surface area contributed by atoms with Gasteiger partial charge in [-0.2, -0.15) is 0 Å². The maximum Gasteiger partial charge on any atom is 0.235 e. The predicted octanol–water partition coefficient (Wildman–Crippen LogP) is 11.7. The summed E-state index contributed by atoms with van der Waals surface area (Å²) in [6.45, 7) is 0. The van der Waals surface area contributed by atoms with Gasteiger partial charge in [0.1, 0.15) is 11.2 Å². The molecule has 3 aromatic heterocycles. The highest BCUT2D eigenvalue weighted by Crippen LogP contribution is 2.45. The van der Waals surface area contributed by atoms with Gasteiger partial charge in [-0.25, -0.2) is 9.97 Å². The Kier molecular flexibility index (Phi) is 5.08. The van der Waals surface area contributed by atoms with Crippen molar-refractivity contribution in [3.63, 3.8) is 0 Å². The predicted molar refractivity (Wildman–Crippen MR) is 198 cm³/mol. The van der Waals surface area contributed by atoms with E-state index in [0.717, 1.165) is 66.3 Å². The van der Waals surface area contributed by atoms with E-state index in [2.05, 4.69) is 144 Å². The molecule has 11 rings (SSSR count). The Morgan fingerprint density at radius 1 is 0.396 bits per heavy atom. The van der Waals surface area contributed by atoms with Crippen molar-refractivity contribution in [2.24, 2.45) is 0 Å². The lowest BCUT2D eigenvalue weighted by Crippen LogP contribution is -2.04. The number of hydrogen-bond acceptors (Lipinski definition) is 3. The van der Waals surface area contributed by atoms with Crippen LogP contribution in [0.4, 0.5) is 0 Å². The van der Waals surface area contributed by atoms with Gasteiger partial charge < -0.3 is 4.42 Å². The lowest BCUT2D eigenvalue weighted by Gasteiger charge is -2.14. The molecule has 0 bridgehead atoms. The quantitative estimate of drug-likeness (QED) is 0.187. The minimum Gasteiger partial charge on any atom is -0.456 e. The fourth-order valence-electron chi connectivity index (χ4n) is 7.89. The molecule has 0 unspecified atom stereocenters. The summed E-state index contributed by atoms with van der Waals surface area (Å²) < 4.78 is 8.74. The molecular weight excluding hydrogens is 587 g/mol. The third-order valence-electron chi connectivity index (χ3n) is 9.97. The van der Waals surface area contributed by atoms with E-state index in [0.29, 0.717) is 5.95 Å². The van der Waals surface area contributed by atoms with Crippen LogP contribution in [0.15, 0.2) is 156 Å². The van der Waals surface area contributed by atoms with Crippen LogP contribution in [-0.4, -0.2) is 14.5 Å². The zero-order chi connectivity index (χ0) is 31.3. The second-order valence-corrected chi connectivity index (χ2v) is 12.6. The largest absolute Gasteiger partial charge is 0.456 e. The van der Waals surface area contributed by atoms with Gasteiger partial charge in [0, 0.05) is 38.7 Å². The van der Waals surface area contributed by atoms with Crippen molar-refractivity contribution in [1.29, 1.82) is 0 Å². The number of rotatable bonds is 3. The summed E-state index contributed by atoms with van der Waals surface area (Å²) >= 11 is 0. The van der Waals surface area contributed by atoms with Crippen LogP contribution in [0.3, 0.4) is 0 Å². The van der Waals surface area contributed by atoms with Gasteiger partial charge in [-0.1, -0.05) is 127 Å². The average molecular weight is 612 g/mol. The molecule has 0 fully saturated rings. The van der Waals surface area contributed by atoms with Crippen LogP contribution in [-0.2, 0) is 0 Å². The summed E-state index contributed by atoms with van der Waals surface area (Å²) in [7, 11) is 0. The average Bonchev–Trinajstić information content (AvgIpc) is 3.69. The summed E-state index contributed by atoms with van der Waals surface area (Å²) in [6, 6.07) is 53.5. The van der Waals surface area contributed by atoms with E-state index in [4.69, 9.17) is 14.4 Å². The van der Waals surface area contributed by atoms with E-state index in [9.17, 15) is 0 Å². The molecule has 0 radical (unpaired) electrons. The Labute approximate surface area is 274 Å². The third kappa shape index (κ3) is 3.49. The standard InChI is InChI=1S/C44H25N3O/c1-3-15-29-26(10-1)12-7-18-31(29)35-24-36(32-19-8-13-27-11-2-4-16-30(27)32)46-44(45-35)47-37-20-9-14-28-22-23-34-42-33-17-5-6-21-39(33)48-40(42)25-38(47)43(34)41(28)37/h1-25H. The van der Waals surface area contributed by atoms with Gasteiger partial charge >= 0.3 is 0 Å². The summed E-state index contributed by atoms with van der Waals surface area (Å²) in [4.78, 5) is 10.8. The van der Waals surface area contributed by atoms with E-state index in [1.165, 1.54) is 32.3 Å². The van der Waals surface area contributed by atoms with Gasteiger partial charge in [0.05, 0.1) is 22.4 Å². The van der Waals surface area contributed by atoms with E-state index in [1.54, 1.807) is 0 Å². The Hall–Kier alpha value is -6.52. The van der Waals surface area contributed by atoms with Crippen molar-refractivity contribution in [1.82, 2.24) is 14.5 Å². The van der Waals surface area contributed by atoms with Gasteiger partial charge in [-0.15, -0.1) is 0 Å². The summed E-state index contributed by atoms with van der Waals surface area (Å²) in [5, 5.41) is 11.7. The van der Waals surface area contributed by atoms with Crippen molar-refractivity contribution < 1.29 is 4.42 Å². The first kappa shape index (κ1) is 25.6. The van der Waals surface area contributed by atoms with Crippen LogP contribution >= 0.6 is 0 Å². The summed E-state index contributed by atoms with van der Waals surface area (Å²) in [6.07, 6.45) is 0. The molecule has 0 aliphatic rings. The fraction of sp³-hybridized carbons (Fsp3) is 0. The van der Waals surface area contributed by atoms with Crippen LogP contribution in [0.2, 0.25) is 0 Å². The zero-order valence-corrected chi connectivity index (χ0v) is 25.7. The molecule has 222 valence electrons. The molecule has 4 heteroatoms. The summed E-state index contributed by atoms with van der Waals surface area (Å²) in [5.74, 6) is 0.629. The number of hydrogen-bond donors (Lipinski definition) is 0. The molecule has 0 saturated carbocycles. The Balaban J connectivity index is 1.30. The molecule has 48 heavy (non-hydrogen) atoms. The van der Waals surface area contributed by atoms with Crippen LogP contribution in [0.25, 0.3) is 105 Å². The SMILES string of the molecule is c1ccc2c(-c3cc(-c4cccc5ccccc45)nc(-n4c5cccc6ccc7c8c(cc4c7c65)oc4ccccc48)n3)cccc2c1. The third-order valence-corrected chi connectivity index (χ3v) is 9.97. The molecule has 8 aromatic carbocycles. The normalized spacial score (nSPS) is 12.2.